The molecule has 1 saturated carbocycles. The number of nitrogens with one attached hydrogen (secondary N) is 1. The van der Waals surface area contributed by atoms with Crippen LogP contribution < -0.4 is 4.72 Å². The molecule has 0 unspecified atom stereocenters. The second-order valence-electron chi connectivity index (χ2n) is 4.97. The average molecular weight is 341 g/mol. The van der Waals surface area contributed by atoms with Crippen molar-refractivity contribution in [1.82, 2.24) is 4.72 Å². The Bertz CT molecular complexity index is 588. The normalized spacial score (nSPS) is 23.8. The summed E-state index contributed by atoms with van der Waals surface area (Å²) in [6.07, 6.45) is -4.89. The van der Waals surface area contributed by atoms with E-state index in [0.29, 0.717) is 0 Å². The fourth-order valence-corrected chi connectivity index (χ4v) is 4.48. The maximum Gasteiger partial charge on any atom is 0.391 e. The molecule has 1 fully saturated rings. The van der Waals surface area contributed by atoms with Crippen molar-refractivity contribution in [1.29, 1.82) is 0 Å². The summed E-state index contributed by atoms with van der Waals surface area (Å²) in [6, 6.07) is 3.09. The minimum absolute atomic E-state index is 0.0861. The molecule has 0 atom stereocenters. The van der Waals surface area contributed by atoms with Gasteiger partial charge in [-0.15, -0.1) is 11.3 Å². The SMILES string of the molecule is O=C(NS(=O)(=O)C1CCC(C(F)(F)F)CC1)c1cccs1. The number of carbonyl (C=O) groups excluding carboxylic acids is 1. The molecule has 1 N–H and O–H groups in total. The van der Waals surface area contributed by atoms with E-state index >= 15 is 0 Å². The summed E-state index contributed by atoms with van der Waals surface area (Å²) >= 11 is 1.10. The number of sulfonamides is 1. The van der Waals surface area contributed by atoms with Crippen LogP contribution in [-0.2, 0) is 10.0 Å². The highest BCUT2D eigenvalue weighted by molar-refractivity contribution is 7.90. The lowest BCUT2D eigenvalue weighted by Crippen LogP contribution is -2.41. The van der Waals surface area contributed by atoms with Gasteiger partial charge in [-0.1, -0.05) is 6.07 Å². The van der Waals surface area contributed by atoms with Crippen molar-refractivity contribution in [2.24, 2.45) is 5.92 Å². The first kappa shape index (κ1) is 16.3. The van der Waals surface area contributed by atoms with Gasteiger partial charge in [0.1, 0.15) is 0 Å². The molecule has 1 aliphatic rings. The Morgan fingerprint density at radius 3 is 2.33 bits per heavy atom. The van der Waals surface area contributed by atoms with Crippen molar-refractivity contribution in [3.63, 3.8) is 0 Å². The van der Waals surface area contributed by atoms with E-state index in [0.717, 1.165) is 11.3 Å². The summed E-state index contributed by atoms with van der Waals surface area (Å²) in [4.78, 5) is 12.0. The van der Waals surface area contributed by atoms with Gasteiger partial charge in [0, 0.05) is 0 Å². The first-order valence-corrected chi connectivity index (χ1v) is 8.79. The average Bonchev–Trinajstić information content (AvgIpc) is 2.91. The van der Waals surface area contributed by atoms with Gasteiger partial charge in [-0.3, -0.25) is 4.79 Å². The van der Waals surface area contributed by atoms with Crippen molar-refractivity contribution in [2.45, 2.75) is 37.1 Å². The Balaban J connectivity index is 1.97. The predicted octanol–water partition coefficient (Wildman–Crippen LogP) is 2.93. The van der Waals surface area contributed by atoms with E-state index in [9.17, 15) is 26.4 Å². The molecule has 1 aromatic heterocycles. The summed E-state index contributed by atoms with van der Waals surface area (Å²) in [7, 11) is -3.94. The van der Waals surface area contributed by atoms with Gasteiger partial charge < -0.3 is 0 Å². The highest BCUT2D eigenvalue weighted by atomic mass is 32.2. The molecule has 0 bridgehead atoms. The summed E-state index contributed by atoms with van der Waals surface area (Å²) in [5, 5.41) is 0.691. The van der Waals surface area contributed by atoms with Crippen molar-refractivity contribution in [2.75, 3.05) is 0 Å². The third-order valence-corrected chi connectivity index (χ3v) is 6.24. The van der Waals surface area contributed by atoms with Gasteiger partial charge in [0.25, 0.3) is 5.91 Å². The van der Waals surface area contributed by atoms with Gasteiger partial charge in [-0.25, -0.2) is 13.1 Å². The fourth-order valence-electron chi connectivity index (χ4n) is 2.37. The molecule has 4 nitrogen and oxygen atoms in total. The van der Waals surface area contributed by atoms with E-state index in [1.165, 1.54) is 6.07 Å². The molecule has 1 amide bonds. The summed E-state index contributed by atoms with van der Waals surface area (Å²) in [5.41, 5.74) is 0. The molecule has 1 aromatic rings. The zero-order valence-corrected chi connectivity index (χ0v) is 12.5. The highest BCUT2D eigenvalue weighted by Gasteiger charge is 2.43. The predicted molar refractivity (Wildman–Crippen MR) is 72.5 cm³/mol. The van der Waals surface area contributed by atoms with Crippen LogP contribution in [0.15, 0.2) is 17.5 Å². The second kappa shape index (κ2) is 5.96. The van der Waals surface area contributed by atoms with Gasteiger partial charge in [0.05, 0.1) is 16.0 Å². The second-order valence-corrected chi connectivity index (χ2v) is 7.88. The smallest absolute Gasteiger partial charge is 0.267 e. The largest absolute Gasteiger partial charge is 0.391 e. The maximum absolute atomic E-state index is 12.5. The van der Waals surface area contributed by atoms with E-state index in [-0.39, 0.29) is 30.6 Å². The molecule has 2 rings (SSSR count). The van der Waals surface area contributed by atoms with Crippen molar-refractivity contribution in [3.8, 4) is 0 Å². The first-order chi connectivity index (χ1) is 9.70. The van der Waals surface area contributed by atoms with Crippen LogP contribution in [-0.4, -0.2) is 25.8 Å². The molecule has 118 valence electrons. The van der Waals surface area contributed by atoms with Gasteiger partial charge >= 0.3 is 6.18 Å². The van der Waals surface area contributed by atoms with Gasteiger partial charge in [0.15, 0.2) is 0 Å². The quantitative estimate of drug-likeness (QED) is 0.919. The molecule has 0 saturated heterocycles. The molecular formula is C12H14F3NO3S2. The summed E-state index contributed by atoms with van der Waals surface area (Å²) in [6.45, 7) is 0. The van der Waals surface area contributed by atoms with Gasteiger partial charge in [0.2, 0.25) is 10.0 Å². The minimum atomic E-state index is -4.28. The molecule has 0 aromatic carbocycles. The van der Waals surface area contributed by atoms with E-state index in [2.05, 4.69) is 0 Å². The van der Waals surface area contributed by atoms with E-state index < -0.39 is 33.3 Å². The number of halogens is 3. The molecule has 21 heavy (non-hydrogen) atoms. The molecular weight excluding hydrogens is 327 g/mol. The lowest BCUT2D eigenvalue weighted by atomic mass is 9.88. The number of amides is 1. The molecule has 9 heteroatoms. The van der Waals surface area contributed by atoms with Crippen LogP contribution in [0.25, 0.3) is 0 Å². The third kappa shape index (κ3) is 3.97. The molecule has 0 spiro atoms. The summed E-state index contributed by atoms with van der Waals surface area (Å²) in [5.74, 6) is -2.18. The zero-order valence-electron chi connectivity index (χ0n) is 10.9. The fraction of sp³-hybridized carbons (Fsp3) is 0.583. The molecule has 0 aliphatic heterocycles. The van der Waals surface area contributed by atoms with Crippen LogP contribution in [0.5, 0.6) is 0 Å². The Hall–Kier alpha value is -1.09. The Kier molecular flexibility index (Phi) is 4.62. The summed E-state index contributed by atoms with van der Waals surface area (Å²) < 4.78 is 63.7. The van der Waals surface area contributed by atoms with Crippen molar-refractivity contribution >= 4 is 27.3 Å². The monoisotopic (exact) mass is 341 g/mol. The molecule has 1 heterocycles. The van der Waals surface area contributed by atoms with Crippen LogP contribution in [0.3, 0.4) is 0 Å². The Labute approximate surface area is 124 Å². The highest BCUT2D eigenvalue weighted by Crippen LogP contribution is 2.39. The third-order valence-electron chi connectivity index (χ3n) is 3.56. The Morgan fingerprint density at radius 2 is 1.86 bits per heavy atom. The van der Waals surface area contributed by atoms with Crippen LogP contribution in [0.4, 0.5) is 13.2 Å². The van der Waals surface area contributed by atoms with E-state index in [4.69, 9.17) is 0 Å². The maximum atomic E-state index is 12.5. The lowest BCUT2D eigenvalue weighted by molar-refractivity contribution is -0.181. The number of hydrogen-bond acceptors (Lipinski definition) is 4. The van der Waals surface area contributed by atoms with Crippen LogP contribution >= 0.6 is 11.3 Å². The van der Waals surface area contributed by atoms with Crippen LogP contribution in [0.1, 0.15) is 35.4 Å². The number of alkyl halides is 3. The van der Waals surface area contributed by atoms with Crippen molar-refractivity contribution < 1.29 is 26.4 Å². The number of thiophene rings is 1. The number of rotatable bonds is 3. The van der Waals surface area contributed by atoms with Crippen LogP contribution in [0, 0.1) is 5.92 Å². The lowest BCUT2D eigenvalue weighted by Gasteiger charge is -2.29. The number of carbonyl (C=O) groups is 1. The van der Waals surface area contributed by atoms with Crippen LogP contribution in [0.2, 0.25) is 0 Å². The van der Waals surface area contributed by atoms with Gasteiger partial charge in [-0.2, -0.15) is 13.2 Å². The van der Waals surface area contributed by atoms with E-state index in [1.807, 2.05) is 4.72 Å². The number of hydrogen-bond donors (Lipinski definition) is 1. The zero-order chi connectivity index (χ0) is 15.7. The van der Waals surface area contributed by atoms with Gasteiger partial charge in [-0.05, 0) is 37.1 Å². The molecule has 0 radical (unpaired) electrons. The Morgan fingerprint density at radius 1 is 1.24 bits per heavy atom. The van der Waals surface area contributed by atoms with E-state index in [1.54, 1.807) is 11.4 Å². The standard InChI is InChI=1S/C12H14F3NO3S2/c13-12(14,15)8-3-5-9(6-4-8)21(18,19)16-11(17)10-2-1-7-20-10/h1-2,7-9H,3-6H2,(H,16,17). The molecule has 1 aliphatic carbocycles. The topological polar surface area (TPSA) is 63.2 Å². The first-order valence-electron chi connectivity index (χ1n) is 6.36. The van der Waals surface area contributed by atoms with Crippen molar-refractivity contribution in [3.05, 3.63) is 22.4 Å². The minimum Gasteiger partial charge on any atom is -0.267 e.